The molecule has 0 radical (unpaired) electrons. The van der Waals surface area contributed by atoms with Gasteiger partial charge in [0.1, 0.15) is 0 Å². The van der Waals surface area contributed by atoms with Crippen LogP contribution in [0.15, 0.2) is 120 Å². The number of hydrogen-bond acceptors (Lipinski definition) is 4. The Labute approximate surface area is 428 Å². The Morgan fingerprint density at radius 3 is 1.58 bits per heavy atom. The first-order chi connectivity index (χ1) is 33.1. The SMILES string of the molecule is CC(C)(C)c1ccc(N2c3ccc(C(C)(C)C)cc3B3c4c2cc(N2c5ccc([SiH-](C)(C)C)cc5C5(C)CCCCC25C)cc4N(c2ccc(C(C)(C)C)cc2)c2oc4ccc(C(C)(C)C)cc4c23)cc1. The molecule has 4 aliphatic rings. The van der Waals surface area contributed by atoms with E-state index in [1.807, 2.05) is 0 Å². The Balaban J connectivity index is 1.28. The number of fused-ring (bicyclic) bond motifs is 9. The van der Waals surface area contributed by atoms with Gasteiger partial charge in [0.2, 0.25) is 0 Å². The van der Waals surface area contributed by atoms with Crippen LogP contribution in [0.2, 0.25) is 19.6 Å². The summed E-state index contributed by atoms with van der Waals surface area (Å²) in [6.07, 6.45) is 4.80. The van der Waals surface area contributed by atoms with Gasteiger partial charge in [0.25, 0.3) is 0 Å². The zero-order chi connectivity index (χ0) is 50.7. The van der Waals surface area contributed by atoms with Crippen molar-refractivity contribution in [2.75, 3.05) is 14.7 Å². The van der Waals surface area contributed by atoms with Crippen molar-refractivity contribution in [3.05, 3.63) is 143 Å². The predicted octanol–water partition coefficient (Wildman–Crippen LogP) is 15.7. The molecule has 6 aromatic carbocycles. The summed E-state index contributed by atoms with van der Waals surface area (Å²) in [7, 11) is -1.93. The summed E-state index contributed by atoms with van der Waals surface area (Å²) in [5, 5.41) is 2.77. The van der Waals surface area contributed by atoms with Crippen LogP contribution in [0.25, 0.3) is 11.0 Å². The number of rotatable bonds is 4. The third kappa shape index (κ3) is 7.33. The van der Waals surface area contributed by atoms with Crippen LogP contribution in [-0.4, -0.2) is 20.3 Å². The van der Waals surface area contributed by atoms with Gasteiger partial charge < -0.3 is 0 Å². The van der Waals surface area contributed by atoms with Crippen molar-refractivity contribution in [1.82, 2.24) is 0 Å². The van der Waals surface area contributed by atoms with E-state index >= 15 is 0 Å². The molecule has 3 aliphatic heterocycles. The first-order valence-corrected chi connectivity index (χ1v) is 31.1. The van der Waals surface area contributed by atoms with Gasteiger partial charge in [0.15, 0.2) is 0 Å². The fourth-order valence-electron chi connectivity index (χ4n) is 13.0. The second kappa shape index (κ2) is 15.5. The summed E-state index contributed by atoms with van der Waals surface area (Å²) < 4.78 is 7.44. The fraction of sp³-hybridized carbons (Fsp3) is 0.415. The van der Waals surface area contributed by atoms with Crippen molar-refractivity contribution in [2.24, 2.45) is 0 Å². The molecule has 0 spiro atoms. The molecule has 1 aliphatic carbocycles. The normalized spacial score (nSPS) is 20.2. The maximum absolute atomic E-state index is 7.44. The molecule has 1 saturated carbocycles. The van der Waals surface area contributed by atoms with Gasteiger partial charge in [-0.15, -0.1) is 0 Å². The minimum absolute atomic E-state index is 0.00599. The van der Waals surface area contributed by atoms with Gasteiger partial charge in [0, 0.05) is 0 Å². The van der Waals surface area contributed by atoms with E-state index in [0.29, 0.717) is 0 Å². The van der Waals surface area contributed by atoms with Crippen molar-refractivity contribution in [2.45, 2.75) is 175 Å². The average Bonchev–Trinajstić information content (AvgIpc) is 3.76. The van der Waals surface area contributed by atoms with E-state index < -0.39 is 8.07 Å². The topological polar surface area (TPSA) is 22.9 Å². The third-order valence-electron chi connectivity index (χ3n) is 17.8. The molecule has 6 heteroatoms. The summed E-state index contributed by atoms with van der Waals surface area (Å²) in [5.41, 5.74) is 20.0. The number of anilines is 8. The molecule has 4 heterocycles. The standard InChI is InChI=1S/C65H79BN3OSi/c1-60(2,3)41-20-26-45(27-21-41)67-53-31-24-44(63(10,11)12)37-51(53)66-57-49-36-43(62(7,8)9)25-33-56(49)70-59(57)68(46-28-22-42(23-29-46)61(4,5)6)55-39-47(38-54(67)58(55)66)69-52-32-30-48(71(15,16)17)40-50(52)64(13)34-18-19-35-65(64,69)14/h20-33,36-40,71H,18-19,34-35H2,1-17H3/q-1. The third-order valence-corrected chi connectivity index (χ3v) is 20.1. The molecule has 2 unspecified atom stereocenters. The van der Waals surface area contributed by atoms with Crippen LogP contribution < -0.4 is 36.3 Å². The Morgan fingerprint density at radius 2 is 1.00 bits per heavy atom. The first-order valence-electron chi connectivity index (χ1n) is 27.0. The van der Waals surface area contributed by atoms with Crippen LogP contribution in [-0.2, 0) is 27.1 Å². The average molecular weight is 957 g/mol. The molecule has 11 rings (SSSR count). The number of hydrogen-bond donors (Lipinski definition) is 0. The van der Waals surface area contributed by atoms with E-state index in [1.54, 1.807) is 5.19 Å². The van der Waals surface area contributed by atoms with Crippen LogP contribution >= 0.6 is 0 Å². The van der Waals surface area contributed by atoms with Gasteiger partial charge in [-0.05, 0) is 56.0 Å². The molecule has 71 heavy (non-hydrogen) atoms. The maximum atomic E-state index is 7.44. The first kappa shape index (κ1) is 47.8. The molecule has 368 valence electrons. The molecular weight excluding hydrogens is 878 g/mol. The van der Waals surface area contributed by atoms with Gasteiger partial charge in [-0.25, -0.2) is 0 Å². The van der Waals surface area contributed by atoms with Crippen LogP contribution in [0.4, 0.5) is 45.7 Å². The summed E-state index contributed by atoms with van der Waals surface area (Å²) in [6, 6.07) is 46.0. The Morgan fingerprint density at radius 1 is 0.493 bits per heavy atom. The molecule has 0 bridgehead atoms. The van der Waals surface area contributed by atoms with Gasteiger partial charge in [-0.3, -0.25) is 0 Å². The van der Waals surface area contributed by atoms with E-state index in [-0.39, 0.29) is 39.3 Å². The van der Waals surface area contributed by atoms with Crippen LogP contribution in [0.1, 0.15) is 150 Å². The van der Waals surface area contributed by atoms with Crippen molar-refractivity contribution in [3.8, 4) is 0 Å². The Hall–Kier alpha value is -5.46. The van der Waals surface area contributed by atoms with Crippen molar-refractivity contribution >= 4 is 93.0 Å². The molecule has 2 atom stereocenters. The van der Waals surface area contributed by atoms with Crippen molar-refractivity contribution < 1.29 is 4.42 Å². The van der Waals surface area contributed by atoms with E-state index in [1.165, 1.54) is 103 Å². The van der Waals surface area contributed by atoms with E-state index in [9.17, 15) is 0 Å². The zero-order valence-electron chi connectivity index (χ0n) is 46.2. The molecule has 4 nitrogen and oxygen atoms in total. The van der Waals surface area contributed by atoms with Gasteiger partial charge in [-0.2, -0.15) is 0 Å². The zero-order valence-corrected chi connectivity index (χ0v) is 47.4. The fourth-order valence-corrected chi connectivity index (χ4v) is 14.4. The molecule has 0 saturated heterocycles. The molecule has 1 aromatic heterocycles. The molecule has 7 aromatic rings. The van der Waals surface area contributed by atoms with Crippen LogP contribution in [0, 0.1) is 0 Å². The van der Waals surface area contributed by atoms with E-state index in [0.717, 1.165) is 23.6 Å². The monoisotopic (exact) mass is 957 g/mol. The summed E-state index contributed by atoms with van der Waals surface area (Å²) in [4.78, 5) is 7.94. The van der Waals surface area contributed by atoms with E-state index in [4.69, 9.17) is 4.42 Å². The van der Waals surface area contributed by atoms with Gasteiger partial charge in [-0.1, -0.05) is 89.2 Å². The quantitative estimate of drug-likeness (QED) is 0.164. The summed E-state index contributed by atoms with van der Waals surface area (Å²) in [5.74, 6) is 0.918. The molecule has 1 fully saturated rings. The van der Waals surface area contributed by atoms with Gasteiger partial charge >= 0.3 is 285 Å². The van der Waals surface area contributed by atoms with E-state index in [2.05, 4.69) is 247 Å². The second-order valence-electron chi connectivity index (χ2n) is 27.9. The predicted molar refractivity (Wildman–Crippen MR) is 312 cm³/mol. The van der Waals surface area contributed by atoms with Gasteiger partial charge in [0.05, 0.1) is 0 Å². The van der Waals surface area contributed by atoms with Crippen molar-refractivity contribution in [1.29, 1.82) is 0 Å². The van der Waals surface area contributed by atoms with Crippen LogP contribution in [0.5, 0.6) is 0 Å². The molecule has 0 amide bonds. The number of nitrogens with zero attached hydrogens (tertiary/aromatic N) is 3. The summed E-state index contributed by atoms with van der Waals surface area (Å²) in [6.45, 7) is 40.6. The summed E-state index contributed by atoms with van der Waals surface area (Å²) >= 11 is 0. The molecular formula is C65H79BN3OSi-. The van der Waals surface area contributed by atoms with Crippen molar-refractivity contribution in [3.63, 3.8) is 0 Å². The number of furan rings is 1. The minimum atomic E-state index is -1.93. The Kier molecular flexibility index (Phi) is 10.5. The number of benzene rings is 6. The second-order valence-corrected chi connectivity index (χ2v) is 33.8. The Bertz CT molecular complexity index is 3270. The molecule has 0 N–H and O–H groups in total. The van der Waals surface area contributed by atoms with Crippen LogP contribution in [0.3, 0.4) is 0 Å².